The number of hydrogen-bond acceptors (Lipinski definition) is 5. The third-order valence-corrected chi connectivity index (χ3v) is 4.79. The van der Waals surface area contributed by atoms with E-state index in [1.807, 2.05) is 30.3 Å². The van der Waals surface area contributed by atoms with E-state index < -0.39 is 0 Å². The quantitative estimate of drug-likeness (QED) is 0.249. The third-order valence-electron chi connectivity index (χ3n) is 4.79. The molecule has 1 aliphatic heterocycles. The number of rotatable bonds is 5. The Morgan fingerprint density at radius 1 is 0.966 bits per heavy atom. The zero-order valence-electron chi connectivity index (χ0n) is 16.1. The fraction of sp³-hybridized carbons (Fsp3) is 0.286. The number of halogens is 1. The second kappa shape index (κ2) is 10.2. The van der Waals surface area contributed by atoms with Gasteiger partial charge >= 0.3 is 0 Å². The van der Waals surface area contributed by atoms with Crippen LogP contribution in [0.1, 0.15) is 0 Å². The van der Waals surface area contributed by atoms with Gasteiger partial charge in [-0.1, -0.05) is 30.3 Å². The highest BCUT2D eigenvalue weighted by molar-refractivity contribution is 14.0. The molecule has 8 heteroatoms. The number of hydrogen-bond donors (Lipinski definition) is 1. The number of aromatic nitrogens is 2. The van der Waals surface area contributed by atoms with Crippen molar-refractivity contribution < 1.29 is 4.74 Å². The smallest absolute Gasteiger partial charge is 0.225 e. The summed E-state index contributed by atoms with van der Waals surface area (Å²) in [5, 5.41) is 2.38. The molecule has 152 valence electrons. The van der Waals surface area contributed by atoms with Gasteiger partial charge in [-0.3, -0.25) is 0 Å². The Labute approximate surface area is 187 Å². The summed E-state index contributed by atoms with van der Waals surface area (Å²) in [6.07, 6.45) is 3.53. The van der Waals surface area contributed by atoms with Gasteiger partial charge < -0.3 is 20.3 Å². The summed E-state index contributed by atoms with van der Waals surface area (Å²) in [7, 11) is 0. The van der Waals surface area contributed by atoms with Gasteiger partial charge in [-0.15, -0.1) is 24.0 Å². The largest absolute Gasteiger partial charge is 0.492 e. The van der Waals surface area contributed by atoms with Gasteiger partial charge in [0, 0.05) is 38.6 Å². The molecule has 0 unspecified atom stereocenters. The average molecular weight is 504 g/mol. The highest BCUT2D eigenvalue weighted by atomic mass is 127. The molecular weight excluding hydrogens is 479 g/mol. The molecule has 1 fully saturated rings. The lowest BCUT2D eigenvalue weighted by Gasteiger charge is -2.35. The normalized spacial score (nSPS) is 14.6. The Hall–Kier alpha value is -2.62. The summed E-state index contributed by atoms with van der Waals surface area (Å²) in [6.45, 7) is 4.29. The van der Waals surface area contributed by atoms with Gasteiger partial charge in [-0.25, -0.2) is 15.0 Å². The first kappa shape index (κ1) is 21.1. The van der Waals surface area contributed by atoms with Crippen LogP contribution in [0.4, 0.5) is 5.95 Å². The van der Waals surface area contributed by atoms with Crippen molar-refractivity contribution in [2.45, 2.75) is 0 Å². The lowest BCUT2D eigenvalue weighted by atomic mass is 10.1. The van der Waals surface area contributed by atoms with Crippen LogP contribution in [0.5, 0.6) is 5.75 Å². The van der Waals surface area contributed by atoms with Gasteiger partial charge in [-0.2, -0.15) is 0 Å². The number of nitrogens with two attached hydrogens (primary N) is 1. The number of benzene rings is 2. The van der Waals surface area contributed by atoms with Gasteiger partial charge in [0.2, 0.25) is 5.95 Å². The Kier molecular flexibility index (Phi) is 7.45. The van der Waals surface area contributed by atoms with Crippen LogP contribution in [0.15, 0.2) is 65.9 Å². The average Bonchev–Trinajstić information content (AvgIpc) is 2.77. The summed E-state index contributed by atoms with van der Waals surface area (Å²) in [5.41, 5.74) is 6.16. The van der Waals surface area contributed by atoms with E-state index in [2.05, 4.69) is 43.0 Å². The van der Waals surface area contributed by atoms with Crippen LogP contribution < -0.4 is 15.4 Å². The van der Waals surface area contributed by atoms with E-state index in [0.29, 0.717) is 19.1 Å². The molecule has 1 aliphatic rings. The molecule has 2 aromatic carbocycles. The zero-order valence-corrected chi connectivity index (χ0v) is 18.5. The van der Waals surface area contributed by atoms with Crippen molar-refractivity contribution in [3.05, 3.63) is 60.9 Å². The molecule has 0 atom stereocenters. The molecule has 2 N–H and O–H groups in total. The minimum Gasteiger partial charge on any atom is -0.492 e. The number of piperazine rings is 1. The number of aliphatic imine (C=N–C) groups is 1. The highest BCUT2D eigenvalue weighted by Gasteiger charge is 2.19. The number of anilines is 1. The Balaban J connectivity index is 0.00000240. The Bertz CT molecular complexity index is 944. The minimum absolute atomic E-state index is 0. The number of ether oxygens (including phenoxy) is 1. The van der Waals surface area contributed by atoms with Crippen LogP contribution in [0, 0.1) is 0 Å². The molecule has 1 saturated heterocycles. The van der Waals surface area contributed by atoms with Crippen molar-refractivity contribution in [2.75, 3.05) is 44.2 Å². The first-order chi connectivity index (χ1) is 13.8. The standard InChI is InChI=1S/C21H24N6O.HI/c22-20(26-11-13-27(14-12-26)21-24-8-3-9-25-21)23-10-15-28-19-7-6-17-4-1-2-5-18(17)16-19;/h1-9,16H,10-15H2,(H2,22,23);1H. The van der Waals surface area contributed by atoms with Crippen LogP contribution in [-0.2, 0) is 0 Å². The second-order valence-corrected chi connectivity index (χ2v) is 6.62. The van der Waals surface area contributed by atoms with Crippen molar-refractivity contribution in [1.29, 1.82) is 0 Å². The summed E-state index contributed by atoms with van der Waals surface area (Å²) in [4.78, 5) is 17.3. The molecular formula is C21H25IN6O. The summed E-state index contributed by atoms with van der Waals surface area (Å²) < 4.78 is 5.82. The van der Waals surface area contributed by atoms with Gasteiger partial charge in [-0.05, 0) is 29.0 Å². The van der Waals surface area contributed by atoms with E-state index in [4.69, 9.17) is 10.5 Å². The van der Waals surface area contributed by atoms with E-state index in [-0.39, 0.29) is 24.0 Å². The molecule has 0 spiro atoms. The third kappa shape index (κ3) is 5.47. The lowest BCUT2D eigenvalue weighted by molar-refractivity contribution is 0.326. The van der Waals surface area contributed by atoms with Gasteiger partial charge in [0.05, 0.1) is 6.54 Å². The number of guanidine groups is 1. The molecule has 2 heterocycles. The predicted molar refractivity (Wildman–Crippen MR) is 127 cm³/mol. The molecule has 7 nitrogen and oxygen atoms in total. The fourth-order valence-electron chi connectivity index (χ4n) is 3.27. The molecule has 3 aromatic rings. The number of nitrogens with zero attached hydrogens (tertiary/aromatic N) is 5. The lowest BCUT2D eigenvalue weighted by Crippen LogP contribution is -2.51. The summed E-state index contributed by atoms with van der Waals surface area (Å²) >= 11 is 0. The second-order valence-electron chi connectivity index (χ2n) is 6.62. The highest BCUT2D eigenvalue weighted by Crippen LogP contribution is 2.20. The van der Waals surface area contributed by atoms with Crippen molar-refractivity contribution >= 4 is 46.7 Å². The molecule has 4 rings (SSSR count). The zero-order chi connectivity index (χ0) is 19.2. The first-order valence-corrected chi connectivity index (χ1v) is 9.48. The van der Waals surface area contributed by atoms with E-state index in [1.165, 1.54) is 10.8 Å². The van der Waals surface area contributed by atoms with Crippen LogP contribution in [-0.4, -0.2) is 60.2 Å². The topological polar surface area (TPSA) is 79.9 Å². The summed E-state index contributed by atoms with van der Waals surface area (Å²) in [6, 6.07) is 16.2. The van der Waals surface area contributed by atoms with Crippen LogP contribution in [0.25, 0.3) is 10.8 Å². The number of fused-ring (bicyclic) bond motifs is 1. The molecule has 0 bridgehead atoms. The molecule has 0 radical (unpaired) electrons. The molecule has 0 saturated carbocycles. The van der Waals surface area contributed by atoms with E-state index >= 15 is 0 Å². The van der Waals surface area contributed by atoms with Crippen LogP contribution in [0.3, 0.4) is 0 Å². The van der Waals surface area contributed by atoms with Crippen LogP contribution in [0.2, 0.25) is 0 Å². The Morgan fingerprint density at radius 3 is 2.45 bits per heavy atom. The predicted octanol–water partition coefficient (Wildman–Crippen LogP) is 2.76. The molecule has 0 aliphatic carbocycles. The molecule has 29 heavy (non-hydrogen) atoms. The minimum atomic E-state index is 0. The Morgan fingerprint density at radius 2 is 1.69 bits per heavy atom. The molecule has 1 aromatic heterocycles. The van der Waals surface area contributed by atoms with E-state index in [1.54, 1.807) is 12.4 Å². The first-order valence-electron chi connectivity index (χ1n) is 9.48. The maximum atomic E-state index is 6.16. The monoisotopic (exact) mass is 504 g/mol. The molecule has 0 amide bonds. The van der Waals surface area contributed by atoms with Crippen molar-refractivity contribution in [2.24, 2.45) is 10.7 Å². The SMILES string of the molecule is I.NC(=NCCOc1ccc2ccccc2c1)N1CCN(c2ncccn2)CC1. The van der Waals surface area contributed by atoms with Crippen molar-refractivity contribution in [1.82, 2.24) is 14.9 Å². The van der Waals surface area contributed by atoms with Crippen molar-refractivity contribution in [3.63, 3.8) is 0 Å². The van der Waals surface area contributed by atoms with Gasteiger partial charge in [0.1, 0.15) is 12.4 Å². The van der Waals surface area contributed by atoms with Crippen molar-refractivity contribution in [3.8, 4) is 5.75 Å². The summed E-state index contributed by atoms with van der Waals surface area (Å²) in [5.74, 6) is 2.18. The maximum absolute atomic E-state index is 6.16. The maximum Gasteiger partial charge on any atom is 0.225 e. The van der Waals surface area contributed by atoms with Gasteiger partial charge in [0.15, 0.2) is 5.96 Å². The fourth-order valence-corrected chi connectivity index (χ4v) is 3.27. The van der Waals surface area contributed by atoms with Gasteiger partial charge in [0.25, 0.3) is 0 Å². The van der Waals surface area contributed by atoms with E-state index in [0.717, 1.165) is 37.9 Å². The van der Waals surface area contributed by atoms with Crippen LogP contribution >= 0.6 is 24.0 Å². The van der Waals surface area contributed by atoms with E-state index in [9.17, 15) is 0 Å².